The van der Waals surface area contributed by atoms with Gasteiger partial charge >= 0.3 is 18.1 Å². The van der Waals surface area contributed by atoms with Crippen LogP contribution in [0.2, 0.25) is 0 Å². The Kier molecular flexibility index (Phi) is 12.2. The number of Topliss-reactive ketones (excluding diaryl/α,β-unsaturated/α-hetero) is 1. The molecule has 1 heterocycles. The molecular weight excluding hydrogens is 880 g/mol. The molecule has 2 amide bonds. The summed E-state index contributed by atoms with van der Waals surface area (Å²) in [4.78, 5) is 83.7. The van der Waals surface area contributed by atoms with Crippen LogP contribution in [0.25, 0.3) is 0 Å². The van der Waals surface area contributed by atoms with Crippen LogP contribution in [0.1, 0.15) is 173 Å². The molecule has 6 fully saturated rings. The highest BCUT2D eigenvalue weighted by atomic mass is 19.4. The minimum atomic E-state index is -4.92. The Hall–Kier alpha value is -4.08. The number of carbonyl (C=O) groups is 6. The molecule has 7 aliphatic carbocycles. The van der Waals surface area contributed by atoms with Crippen molar-refractivity contribution in [2.24, 2.45) is 62.6 Å². The number of aromatic nitrogens is 2. The van der Waals surface area contributed by atoms with E-state index in [9.17, 15) is 47.0 Å². The van der Waals surface area contributed by atoms with Crippen molar-refractivity contribution >= 4 is 35.4 Å². The second-order valence-electron chi connectivity index (χ2n) is 24.7. The molecule has 3 N–H and O–H groups in total. The summed E-state index contributed by atoms with van der Waals surface area (Å²) in [5, 5.41) is 19.4. The van der Waals surface area contributed by atoms with Gasteiger partial charge in [0.2, 0.25) is 11.8 Å². The first-order valence-corrected chi connectivity index (χ1v) is 25.1. The van der Waals surface area contributed by atoms with Gasteiger partial charge in [-0.1, -0.05) is 62.3 Å². The second kappa shape index (κ2) is 16.5. The number of nitrogens with one attached hydrogen (secondary N) is 2. The Balaban J connectivity index is 1.04. The number of ether oxygens (including phenoxy) is 1. The highest BCUT2D eigenvalue weighted by Crippen LogP contribution is 2.76. The van der Waals surface area contributed by atoms with Gasteiger partial charge in [0.1, 0.15) is 17.3 Å². The zero-order valence-electron chi connectivity index (χ0n) is 42.0. The normalized spacial score (nSPS) is 36.6. The molecule has 1 aromatic rings. The SMILES string of the molecule is CC(C)C1=C2[C@H]3CC[C@@H]4[C@@]5(C)CC[C@H](OC(=O)[C@H]6C[C@@H](C(=O)O)C6(C)C)C(C)(C)[C@@H]5CC[C@@]4(C)[C@]3(C)CC[C@@]2(NC(=O)C2(NC(=O)c3cc(C(F)(F)F)nn3C(=O)CCN(C)C)CCC2)CC1=O. The molecule has 0 spiro atoms. The Labute approximate surface area is 398 Å². The summed E-state index contributed by atoms with van der Waals surface area (Å²) in [6.45, 7) is 19.8. The third-order valence-electron chi connectivity index (χ3n) is 20.1. The van der Waals surface area contributed by atoms with E-state index in [-0.39, 0.29) is 89.5 Å². The zero-order valence-corrected chi connectivity index (χ0v) is 42.0. The number of nitrogens with zero attached hydrogens (tertiary/aromatic N) is 3. The molecule has 10 atom stereocenters. The highest BCUT2D eigenvalue weighted by Gasteiger charge is 2.71. The smallest absolute Gasteiger partial charge is 0.435 e. The number of ketones is 1. The van der Waals surface area contributed by atoms with E-state index in [1.54, 1.807) is 19.0 Å². The van der Waals surface area contributed by atoms with E-state index in [2.05, 4.69) is 50.4 Å². The minimum absolute atomic E-state index is 0.00685. The summed E-state index contributed by atoms with van der Waals surface area (Å²) >= 11 is 0. The van der Waals surface area contributed by atoms with Gasteiger partial charge < -0.3 is 25.4 Å². The van der Waals surface area contributed by atoms with Gasteiger partial charge in [-0.3, -0.25) is 28.8 Å². The van der Waals surface area contributed by atoms with E-state index in [0.717, 1.165) is 56.1 Å². The predicted octanol–water partition coefficient (Wildman–Crippen LogP) is 8.65. The van der Waals surface area contributed by atoms with Gasteiger partial charge in [0.15, 0.2) is 11.5 Å². The van der Waals surface area contributed by atoms with Gasteiger partial charge in [0.05, 0.1) is 17.4 Å². The fraction of sp³-hybridized carbons (Fsp3) is 0.788. The standard InChI is InChI=1S/C52H74F3N5O8/c1-28(2)39-33(61)27-51(57-44(67)50(18-12-19-50)56-41(63)32-26-36(52(53,54)55)58-60(32)38(62)17-24-59(10)11)23-22-48(8)29(40(39)51)13-14-35-47(7)20-16-37(46(5,6)34(47)15-21-49(35,48)9)68-43(66)31-25-30(42(64)65)45(31,3)4/h26,28-31,34-35,37H,12-25,27H2,1-11H3,(H,56,63)(H,57,67)(H,64,65)/t29-,30+,31-,34+,35-,37+,47+,48-,49-,51-/m1/s1. The van der Waals surface area contributed by atoms with Crippen LogP contribution >= 0.6 is 0 Å². The van der Waals surface area contributed by atoms with E-state index in [1.165, 1.54) is 0 Å². The molecule has 0 aromatic carbocycles. The highest BCUT2D eigenvalue weighted by molar-refractivity contribution is 6.04. The third-order valence-corrected chi connectivity index (χ3v) is 20.1. The Morgan fingerprint density at radius 1 is 0.868 bits per heavy atom. The number of hydrogen-bond donors (Lipinski definition) is 3. The lowest BCUT2D eigenvalue weighted by Crippen LogP contribution is -2.70. The Morgan fingerprint density at radius 3 is 2.12 bits per heavy atom. The Bertz CT molecular complexity index is 2330. The number of fused-ring (bicyclic) bond motifs is 7. The van der Waals surface area contributed by atoms with Crippen LogP contribution in [0, 0.1) is 62.6 Å². The predicted molar refractivity (Wildman–Crippen MR) is 246 cm³/mol. The van der Waals surface area contributed by atoms with Crippen LogP contribution in [-0.4, -0.2) is 93.1 Å². The van der Waals surface area contributed by atoms with Crippen LogP contribution in [0.5, 0.6) is 0 Å². The van der Waals surface area contributed by atoms with Crippen molar-refractivity contribution in [3.8, 4) is 0 Å². The van der Waals surface area contributed by atoms with E-state index in [1.807, 2.05) is 27.7 Å². The topological polar surface area (TPSA) is 177 Å². The molecule has 376 valence electrons. The van der Waals surface area contributed by atoms with Crippen molar-refractivity contribution in [1.29, 1.82) is 0 Å². The lowest BCUT2D eigenvalue weighted by molar-refractivity contribution is -0.235. The maximum atomic E-state index is 14.9. The first kappa shape index (κ1) is 50.3. The van der Waals surface area contributed by atoms with Crippen molar-refractivity contribution in [2.45, 2.75) is 176 Å². The van der Waals surface area contributed by atoms with E-state index < -0.39 is 69.6 Å². The number of rotatable bonds is 11. The number of carboxylic acid groups (broad SMARTS) is 1. The molecule has 1 aromatic heterocycles. The van der Waals surface area contributed by atoms with Gasteiger partial charge in [0.25, 0.3) is 5.91 Å². The molecule has 7 aliphatic rings. The quantitative estimate of drug-likeness (QED) is 0.182. The first-order valence-electron chi connectivity index (χ1n) is 25.1. The van der Waals surface area contributed by atoms with Gasteiger partial charge in [-0.05, 0) is 148 Å². The van der Waals surface area contributed by atoms with Crippen LogP contribution in [-0.2, 0) is 30.1 Å². The number of hydrogen-bond acceptors (Lipinski definition) is 9. The maximum Gasteiger partial charge on any atom is 0.435 e. The maximum absolute atomic E-state index is 14.9. The monoisotopic (exact) mass is 954 g/mol. The zero-order chi connectivity index (χ0) is 50.1. The molecule has 0 aliphatic heterocycles. The number of aliphatic carboxylic acids is 1. The molecule has 6 saturated carbocycles. The number of halogens is 3. The number of alkyl halides is 3. The van der Waals surface area contributed by atoms with Crippen LogP contribution in [0.4, 0.5) is 13.2 Å². The molecule has 8 rings (SSSR count). The molecule has 0 unspecified atom stereocenters. The summed E-state index contributed by atoms with van der Waals surface area (Å²) in [5.74, 6) is -3.97. The largest absolute Gasteiger partial charge is 0.481 e. The number of carboxylic acids is 1. The van der Waals surface area contributed by atoms with E-state index in [4.69, 9.17) is 4.74 Å². The summed E-state index contributed by atoms with van der Waals surface area (Å²) < 4.78 is 48.7. The van der Waals surface area contributed by atoms with Crippen molar-refractivity contribution in [3.63, 3.8) is 0 Å². The number of esters is 1. The number of allylic oxidation sites excluding steroid dienone is 1. The molecule has 68 heavy (non-hydrogen) atoms. The van der Waals surface area contributed by atoms with Crippen molar-refractivity contribution in [2.75, 3.05) is 20.6 Å². The molecule has 16 heteroatoms. The van der Waals surface area contributed by atoms with E-state index >= 15 is 0 Å². The van der Waals surface area contributed by atoms with Crippen LogP contribution in [0.15, 0.2) is 17.2 Å². The lowest BCUT2D eigenvalue weighted by atomic mass is 9.33. The van der Waals surface area contributed by atoms with Gasteiger partial charge in [0, 0.05) is 30.9 Å². The van der Waals surface area contributed by atoms with Gasteiger partial charge in [-0.2, -0.15) is 23.0 Å². The second-order valence-corrected chi connectivity index (χ2v) is 24.7. The molecule has 0 bridgehead atoms. The average Bonchev–Trinajstić information content (AvgIpc) is 3.79. The summed E-state index contributed by atoms with van der Waals surface area (Å²) in [6, 6.07) is 0.557. The molecular formula is C52H74F3N5O8. The van der Waals surface area contributed by atoms with Crippen molar-refractivity contribution in [3.05, 3.63) is 28.6 Å². The van der Waals surface area contributed by atoms with E-state index in [0.29, 0.717) is 35.9 Å². The van der Waals surface area contributed by atoms with Crippen molar-refractivity contribution < 1.29 is 51.8 Å². The van der Waals surface area contributed by atoms with Crippen LogP contribution in [0.3, 0.4) is 0 Å². The number of amides is 2. The minimum Gasteiger partial charge on any atom is -0.481 e. The fourth-order valence-corrected chi connectivity index (χ4v) is 15.8. The summed E-state index contributed by atoms with van der Waals surface area (Å²) in [7, 11) is 3.42. The summed E-state index contributed by atoms with van der Waals surface area (Å²) in [5.41, 5.74) is -4.10. The fourth-order valence-electron chi connectivity index (χ4n) is 15.8. The van der Waals surface area contributed by atoms with Crippen molar-refractivity contribution in [1.82, 2.24) is 25.3 Å². The van der Waals surface area contributed by atoms with Crippen LogP contribution < -0.4 is 10.6 Å². The van der Waals surface area contributed by atoms with Gasteiger partial charge in [-0.25, -0.2) is 0 Å². The molecule has 0 radical (unpaired) electrons. The first-order chi connectivity index (χ1) is 31.4. The summed E-state index contributed by atoms with van der Waals surface area (Å²) in [6.07, 6.45) is 2.56. The third kappa shape index (κ3) is 7.51. The lowest BCUT2D eigenvalue weighted by Gasteiger charge is -2.72. The molecule has 13 nitrogen and oxygen atoms in total. The Morgan fingerprint density at radius 2 is 1.54 bits per heavy atom. The van der Waals surface area contributed by atoms with Gasteiger partial charge in [-0.15, -0.1) is 0 Å². The average molecular weight is 954 g/mol. The number of carbonyl (C=O) groups excluding carboxylic acids is 5. The molecule has 0 saturated heterocycles.